The first-order valence-electron chi connectivity index (χ1n) is 10.7. The van der Waals surface area contributed by atoms with Gasteiger partial charge in [-0.15, -0.1) is 0 Å². The van der Waals surface area contributed by atoms with Crippen LogP contribution in [0.1, 0.15) is 58.4 Å². The van der Waals surface area contributed by atoms with Crippen molar-refractivity contribution < 1.29 is 23.9 Å². The number of hydrogen-bond donors (Lipinski definition) is 2. The summed E-state index contributed by atoms with van der Waals surface area (Å²) in [5, 5.41) is 5.57. The summed E-state index contributed by atoms with van der Waals surface area (Å²) in [6, 6.07) is 6.12. The van der Waals surface area contributed by atoms with Crippen molar-refractivity contribution in [3.8, 4) is 0 Å². The number of hydrogen-bond acceptors (Lipinski definition) is 5. The molecule has 1 aliphatic carbocycles. The van der Waals surface area contributed by atoms with Crippen LogP contribution in [0.5, 0.6) is 0 Å². The lowest BCUT2D eigenvalue weighted by Crippen LogP contribution is -2.56. The predicted octanol–water partition coefficient (Wildman–Crippen LogP) is 3.97. The topological polar surface area (TPSA) is 93.7 Å². The zero-order valence-electron chi connectivity index (χ0n) is 18.7. The van der Waals surface area contributed by atoms with Crippen LogP contribution in [0.25, 0.3) is 0 Å². The van der Waals surface area contributed by atoms with Crippen LogP contribution in [0, 0.1) is 9.49 Å². The summed E-state index contributed by atoms with van der Waals surface area (Å²) in [5.74, 6) is -0.914. The van der Waals surface area contributed by atoms with Crippen LogP contribution in [0.3, 0.4) is 0 Å². The molecule has 0 spiro atoms. The van der Waals surface area contributed by atoms with Gasteiger partial charge in [0.25, 0.3) is 0 Å². The number of esters is 1. The number of amides is 2. The van der Waals surface area contributed by atoms with E-state index in [0.717, 1.165) is 41.2 Å². The number of carbonyl (C=O) groups excluding carboxylic acids is 3. The lowest BCUT2D eigenvalue weighted by molar-refractivity contribution is -0.145. The van der Waals surface area contributed by atoms with Gasteiger partial charge in [0.05, 0.1) is 7.11 Å². The van der Waals surface area contributed by atoms with Gasteiger partial charge in [0.1, 0.15) is 17.7 Å². The third kappa shape index (κ3) is 8.66. The number of halogens is 1. The highest BCUT2D eigenvalue weighted by molar-refractivity contribution is 14.1. The molecule has 1 fully saturated rings. The molecule has 31 heavy (non-hydrogen) atoms. The number of benzene rings is 1. The fraction of sp³-hybridized carbons (Fsp3) is 0.609. The number of alkyl carbamates (subject to hydrolysis) is 1. The molecule has 2 N–H and O–H groups in total. The first-order valence-corrected chi connectivity index (χ1v) is 11.8. The van der Waals surface area contributed by atoms with Crippen LogP contribution in [-0.4, -0.2) is 42.8 Å². The molecule has 0 aromatic heterocycles. The second-order valence-corrected chi connectivity index (χ2v) is 10.2. The van der Waals surface area contributed by atoms with Gasteiger partial charge in [-0.3, -0.25) is 4.79 Å². The number of ether oxygens (including phenoxy) is 2. The summed E-state index contributed by atoms with van der Waals surface area (Å²) in [4.78, 5) is 38.1. The highest BCUT2D eigenvalue weighted by Crippen LogP contribution is 2.27. The molecular formula is C23H33IN2O5. The van der Waals surface area contributed by atoms with E-state index in [0.29, 0.717) is 6.42 Å². The smallest absolute Gasteiger partial charge is 0.408 e. The molecule has 1 saturated carbocycles. The maximum absolute atomic E-state index is 13.2. The quantitative estimate of drug-likeness (QED) is 0.401. The second-order valence-electron chi connectivity index (χ2n) is 8.94. The summed E-state index contributed by atoms with van der Waals surface area (Å²) in [7, 11) is 1.30. The molecule has 2 unspecified atom stereocenters. The fourth-order valence-corrected chi connectivity index (χ4v) is 4.40. The minimum atomic E-state index is -0.845. The van der Waals surface area contributed by atoms with Gasteiger partial charge in [0.15, 0.2) is 0 Å². The van der Waals surface area contributed by atoms with Gasteiger partial charge in [0.2, 0.25) is 5.91 Å². The lowest BCUT2D eigenvalue weighted by Gasteiger charge is -2.31. The molecule has 7 nitrogen and oxygen atoms in total. The Kier molecular flexibility index (Phi) is 9.58. The van der Waals surface area contributed by atoms with Crippen LogP contribution in [-0.2, 0) is 25.5 Å². The van der Waals surface area contributed by atoms with E-state index >= 15 is 0 Å². The molecule has 0 radical (unpaired) electrons. The molecule has 1 aromatic rings. The molecular weight excluding hydrogens is 511 g/mol. The maximum atomic E-state index is 13.2. The normalized spacial score (nSPS) is 16.7. The van der Waals surface area contributed by atoms with Gasteiger partial charge in [-0.05, 0) is 79.8 Å². The first kappa shape index (κ1) is 25.4. The lowest BCUT2D eigenvalue weighted by atomic mass is 9.83. The SMILES string of the molecule is COC(=O)C(Cc1cccc(I)c1)NC(=O)C(NC(=O)OC(C)(C)C)C1CCCCC1. The Morgan fingerprint density at radius 2 is 1.81 bits per heavy atom. The number of methoxy groups -OCH3 is 1. The van der Waals surface area contributed by atoms with Crippen molar-refractivity contribution >= 4 is 40.6 Å². The van der Waals surface area contributed by atoms with Crippen molar-refractivity contribution in [1.29, 1.82) is 0 Å². The number of rotatable bonds is 7. The second kappa shape index (κ2) is 11.7. The van der Waals surface area contributed by atoms with Crippen molar-refractivity contribution in [3.63, 3.8) is 0 Å². The average molecular weight is 544 g/mol. The average Bonchev–Trinajstić information content (AvgIpc) is 2.70. The van der Waals surface area contributed by atoms with Crippen LogP contribution < -0.4 is 10.6 Å². The Morgan fingerprint density at radius 1 is 1.13 bits per heavy atom. The van der Waals surface area contributed by atoms with E-state index in [1.54, 1.807) is 20.8 Å². The minimum Gasteiger partial charge on any atom is -0.467 e. The molecule has 0 bridgehead atoms. The summed E-state index contributed by atoms with van der Waals surface area (Å²) in [6.07, 6.45) is 4.49. The van der Waals surface area contributed by atoms with Gasteiger partial charge in [-0.25, -0.2) is 9.59 Å². The van der Waals surface area contributed by atoms with E-state index in [9.17, 15) is 14.4 Å². The number of carbonyl (C=O) groups is 3. The van der Waals surface area contributed by atoms with Crippen LogP contribution in [0.15, 0.2) is 24.3 Å². The molecule has 8 heteroatoms. The monoisotopic (exact) mass is 544 g/mol. The van der Waals surface area contributed by atoms with E-state index in [1.807, 2.05) is 24.3 Å². The van der Waals surface area contributed by atoms with E-state index < -0.39 is 35.7 Å². The third-order valence-corrected chi connectivity index (χ3v) is 5.88. The van der Waals surface area contributed by atoms with Gasteiger partial charge < -0.3 is 20.1 Å². The molecule has 0 saturated heterocycles. The minimum absolute atomic E-state index is 0.00256. The van der Waals surface area contributed by atoms with Gasteiger partial charge in [-0.1, -0.05) is 31.4 Å². The van der Waals surface area contributed by atoms with Crippen LogP contribution >= 0.6 is 22.6 Å². The van der Waals surface area contributed by atoms with Crippen LogP contribution in [0.4, 0.5) is 4.79 Å². The van der Waals surface area contributed by atoms with Crippen molar-refractivity contribution in [2.45, 2.75) is 77.0 Å². The molecule has 1 aromatic carbocycles. The van der Waals surface area contributed by atoms with E-state index in [-0.39, 0.29) is 5.92 Å². The van der Waals surface area contributed by atoms with Gasteiger partial charge >= 0.3 is 12.1 Å². The predicted molar refractivity (Wildman–Crippen MR) is 127 cm³/mol. The summed E-state index contributed by atoms with van der Waals surface area (Å²) >= 11 is 2.20. The zero-order valence-corrected chi connectivity index (χ0v) is 20.9. The standard InChI is InChI=1S/C23H33IN2O5/c1-23(2,3)31-22(29)26-19(16-10-6-5-7-11-16)20(27)25-18(21(28)30-4)14-15-9-8-12-17(24)13-15/h8-9,12-13,16,18-19H,5-7,10-11,14H2,1-4H3,(H,25,27)(H,26,29). The third-order valence-electron chi connectivity index (χ3n) is 5.21. The van der Waals surface area contributed by atoms with E-state index in [1.165, 1.54) is 7.11 Å². The van der Waals surface area contributed by atoms with Crippen molar-refractivity contribution in [3.05, 3.63) is 33.4 Å². The molecule has 2 amide bonds. The maximum Gasteiger partial charge on any atom is 0.408 e. The molecule has 0 aliphatic heterocycles. The summed E-state index contributed by atoms with van der Waals surface area (Å²) < 4.78 is 11.3. The highest BCUT2D eigenvalue weighted by atomic mass is 127. The molecule has 2 rings (SSSR count). The summed E-state index contributed by atoms with van der Waals surface area (Å²) in [6.45, 7) is 5.32. The molecule has 1 aliphatic rings. The van der Waals surface area contributed by atoms with Gasteiger partial charge in [-0.2, -0.15) is 0 Å². The largest absolute Gasteiger partial charge is 0.467 e. The first-order chi connectivity index (χ1) is 14.6. The van der Waals surface area contributed by atoms with Crippen molar-refractivity contribution in [2.75, 3.05) is 7.11 Å². The molecule has 0 heterocycles. The Balaban J connectivity index is 2.17. The Bertz CT molecular complexity index is 771. The summed E-state index contributed by atoms with van der Waals surface area (Å²) in [5.41, 5.74) is 0.244. The Morgan fingerprint density at radius 3 is 2.39 bits per heavy atom. The molecule has 2 atom stereocenters. The van der Waals surface area contributed by atoms with E-state index in [4.69, 9.17) is 9.47 Å². The van der Waals surface area contributed by atoms with E-state index in [2.05, 4.69) is 33.2 Å². The number of nitrogens with one attached hydrogen (secondary N) is 2. The van der Waals surface area contributed by atoms with Crippen LogP contribution in [0.2, 0.25) is 0 Å². The zero-order chi connectivity index (χ0) is 23.0. The fourth-order valence-electron chi connectivity index (χ4n) is 3.80. The van der Waals surface area contributed by atoms with Gasteiger partial charge in [0, 0.05) is 9.99 Å². The molecule has 172 valence electrons. The Hall–Kier alpha value is -1.84. The van der Waals surface area contributed by atoms with Crippen molar-refractivity contribution in [1.82, 2.24) is 10.6 Å². The Labute approximate surface area is 198 Å². The van der Waals surface area contributed by atoms with Crippen molar-refractivity contribution in [2.24, 2.45) is 5.92 Å². The highest BCUT2D eigenvalue weighted by Gasteiger charge is 2.34.